The lowest BCUT2D eigenvalue weighted by atomic mass is 10.1. The molecule has 0 aliphatic rings. The third-order valence-electron chi connectivity index (χ3n) is 4.79. The van der Waals surface area contributed by atoms with Crippen LogP contribution in [-0.2, 0) is 13.2 Å². The van der Waals surface area contributed by atoms with E-state index in [1.54, 1.807) is 54.4 Å². The van der Waals surface area contributed by atoms with Gasteiger partial charge in [0.05, 0.1) is 37.6 Å². The van der Waals surface area contributed by atoms with Crippen molar-refractivity contribution in [3.05, 3.63) is 88.0 Å². The number of nitrogens with zero attached hydrogens (tertiary/aromatic N) is 4. The first-order chi connectivity index (χ1) is 14.1. The fraction of sp³-hybridized carbons (Fsp3) is 0.136. The maximum Gasteiger partial charge on any atom is 0.277 e. The molecule has 0 saturated heterocycles. The number of methoxy groups -OCH3 is 1. The summed E-state index contributed by atoms with van der Waals surface area (Å²) in [7, 11) is 1.59. The summed E-state index contributed by atoms with van der Waals surface area (Å²) in [5, 5.41) is 23.6. The zero-order valence-corrected chi connectivity index (χ0v) is 15.7. The lowest BCUT2D eigenvalue weighted by molar-refractivity contribution is 0.283. The summed E-state index contributed by atoms with van der Waals surface area (Å²) in [4.78, 5) is 13.1. The van der Waals surface area contributed by atoms with Crippen LogP contribution in [0.5, 0.6) is 5.75 Å². The van der Waals surface area contributed by atoms with Crippen molar-refractivity contribution in [1.29, 1.82) is 5.26 Å². The van der Waals surface area contributed by atoms with Gasteiger partial charge < -0.3 is 14.4 Å². The summed E-state index contributed by atoms with van der Waals surface area (Å²) in [6.45, 7) is 0.00675. The molecule has 7 nitrogen and oxygen atoms in total. The van der Waals surface area contributed by atoms with Crippen LogP contribution in [0.2, 0.25) is 0 Å². The van der Waals surface area contributed by atoms with Gasteiger partial charge in [-0.05, 0) is 42.0 Å². The number of aliphatic hydroxyl groups excluding tert-OH is 1. The van der Waals surface area contributed by atoms with Gasteiger partial charge in [0.15, 0.2) is 0 Å². The lowest BCUT2D eigenvalue weighted by Gasteiger charge is -2.07. The monoisotopic (exact) mass is 386 g/mol. The fourth-order valence-corrected chi connectivity index (χ4v) is 3.34. The molecule has 0 fully saturated rings. The smallest absolute Gasteiger partial charge is 0.277 e. The molecule has 4 rings (SSSR count). The molecule has 0 bridgehead atoms. The quantitative estimate of drug-likeness (QED) is 0.569. The first-order valence-corrected chi connectivity index (χ1v) is 8.99. The normalized spacial score (nSPS) is 10.8. The van der Waals surface area contributed by atoms with Crippen molar-refractivity contribution < 1.29 is 9.84 Å². The molecule has 2 aromatic heterocycles. The molecule has 2 aromatic carbocycles. The van der Waals surface area contributed by atoms with E-state index in [1.807, 2.05) is 18.2 Å². The van der Waals surface area contributed by atoms with Gasteiger partial charge in [-0.15, -0.1) is 0 Å². The van der Waals surface area contributed by atoms with E-state index in [-0.39, 0.29) is 12.2 Å². The first kappa shape index (κ1) is 18.5. The van der Waals surface area contributed by atoms with E-state index in [0.29, 0.717) is 34.6 Å². The van der Waals surface area contributed by atoms with Crippen LogP contribution in [0.25, 0.3) is 16.8 Å². The van der Waals surface area contributed by atoms with E-state index >= 15 is 0 Å². The fourth-order valence-electron chi connectivity index (χ4n) is 3.34. The predicted octanol–water partition coefficient (Wildman–Crippen LogP) is 2.58. The van der Waals surface area contributed by atoms with Gasteiger partial charge in [-0.2, -0.15) is 10.4 Å². The van der Waals surface area contributed by atoms with Crippen molar-refractivity contribution in [2.24, 2.45) is 0 Å². The van der Waals surface area contributed by atoms with Crippen molar-refractivity contribution in [2.75, 3.05) is 7.11 Å². The van der Waals surface area contributed by atoms with Crippen LogP contribution in [-0.4, -0.2) is 26.4 Å². The second-order valence-electron chi connectivity index (χ2n) is 6.55. The Balaban J connectivity index is 1.81. The Hall–Kier alpha value is -3.89. The van der Waals surface area contributed by atoms with Crippen LogP contribution in [0.3, 0.4) is 0 Å². The van der Waals surface area contributed by atoms with Crippen molar-refractivity contribution >= 4 is 5.52 Å². The topological polar surface area (TPSA) is 92.5 Å². The number of nitriles is 1. The molecule has 0 unspecified atom stereocenters. The molecule has 1 N–H and O–H groups in total. The molecule has 2 heterocycles. The van der Waals surface area contributed by atoms with Gasteiger partial charge in [0.1, 0.15) is 11.3 Å². The number of aliphatic hydroxyl groups is 1. The third-order valence-corrected chi connectivity index (χ3v) is 4.79. The Bertz CT molecular complexity index is 1280. The van der Waals surface area contributed by atoms with Gasteiger partial charge in [0.25, 0.3) is 5.56 Å². The highest BCUT2D eigenvalue weighted by Gasteiger charge is 2.18. The minimum absolute atomic E-state index is 0.258. The van der Waals surface area contributed by atoms with Gasteiger partial charge in [-0.3, -0.25) is 4.79 Å². The molecule has 0 saturated carbocycles. The van der Waals surface area contributed by atoms with Crippen LogP contribution in [0.4, 0.5) is 0 Å². The number of hydrogen-bond acceptors (Lipinski definition) is 5. The van der Waals surface area contributed by atoms with Gasteiger partial charge in [0, 0.05) is 23.5 Å². The van der Waals surface area contributed by atoms with Crippen molar-refractivity contribution in [1.82, 2.24) is 14.2 Å². The van der Waals surface area contributed by atoms with E-state index in [2.05, 4.69) is 11.2 Å². The largest absolute Gasteiger partial charge is 0.497 e. The van der Waals surface area contributed by atoms with Gasteiger partial charge in [-0.1, -0.05) is 12.1 Å². The molecule has 4 aromatic rings. The Morgan fingerprint density at radius 3 is 2.66 bits per heavy atom. The third kappa shape index (κ3) is 3.37. The zero-order valence-electron chi connectivity index (χ0n) is 15.7. The molecule has 144 valence electrons. The van der Waals surface area contributed by atoms with Crippen LogP contribution >= 0.6 is 0 Å². The number of ether oxygens (including phenoxy) is 1. The molecular weight excluding hydrogens is 368 g/mol. The average Bonchev–Trinajstić information content (AvgIpc) is 3.15. The maximum absolute atomic E-state index is 13.1. The lowest BCUT2D eigenvalue weighted by Crippen LogP contribution is -2.22. The predicted molar refractivity (Wildman–Crippen MR) is 108 cm³/mol. The van der Waals surface area contributed by atoms with E-state index in [1.165, 1.54) is 4.52 Å². The maximum atomic E-state index is 13.1. The molecule has 0 aliphatic heterocycles. The van der Waals surface area contributed by atoms with Crippen LogP contribution in [0.15, 0.2) is 65.7 Å². The molecule has 0 radical (unpaired) electrons. The van der Waals surface area contributed by atoms with Crippen molar-refractivity contribution in [3.8, 4) is 23.1 Å². The highest BCUT2D eigenvalue weighted by Crippen LogP contribution is 2.26. The van der Waals surface area contributed by atoms with Crippen molar-refractivity contribution in [2.45, 2.75) is 13.2 Å². The molecule has 0 amide bonds. The Labute approximate surface area is 166 Å². The summed E-state index contributed by atoms with van der Waals surface area (Å²) < 4.78 is 8.22. The number of fused-ring (bicyclic) bond motifs is 1. The van der Waals surface area contributed by atoms with Gasteiger partial charge in [-0.25, -0.2) is 4.52 Å². The Morgan fingerprint density at radius 1 is 1.17 bits per heavy atom. The van der Waals surface area contributed by atoms with Crippen LogP contribution in [0.1, 0.15) is 16.7 Å². The SMILES string of the molecule is COc1ccc(-c2nn3ccn(Cc4cccc(C#N)c4)c(=O)c3c2CO)cc1. The number of benzene rings is 2. The summed E-state index contributed by atoms with van der Waals surface area (Å²) in [5.74, 6) is 0.713. The molecule has 29 heavy (non-hydrogen) atoms. The van der Waals surface area contributed by atoms with Gasteiger partial charge in [0.2, 0.25) is 0 Å². The molecular formula is C22H18N4O3. The molecule has 0 atom stereocenters. The first-order valence-electron chi connectivity index (χ1n) is 8.99. The summed E-state index contributed by atoms with van der Waals surface area (Å²) >= 11 is 0. The van der Waals surface area contributed by atoms with Gasteiger partial charge >= 0.3 is 0 Å². The Morgan fingerprint density at radius 2 is 1.97 bits per heavy atom. The van der Waals surface area contributed by atoms with Crippen LogP contribution < -0.4 is 10.3 Å². The van der Waals surface area contributed by atoms with E-state index in [4.69, 9.17) is 10.00 Å². The second-order valence-corrected chi connectivity index (χ2v) is 6.55. The number of aromatic nitrogens is 3. The second kappa shape index (κ2) is 7.62. The van der Waals surface area contributed by atoms with Crippen molar-refractivity contribution in [3.63, 3.8) is 0 Å². The summed E-state index contributed by atoms with van der Waals surface area (Å²) in [5.41, 5.74) is 3.26. The molecule has 0 spiro atoms. The highest BCUT2D eigenvalue weighted by molar-refractivity contribution is 5.72. The Kier molecular flexibility index (Phi) is 4.85. The minimum atomic E-state index is -0.311. The minimum Gasteiger partial charge on any atom is -0.497 e. The summed E-state index contributed by atoms with van der Waals surface area (Å²) in [6.07, 6.45) is 3.34. The number of rotatable bonds is 5. The van der Waals surface area contributed by atoms with E-state index in [9.17, 15) is 9.90 Å². The number of hydrogen-bond donors (Lipinski definition) is 1. The van der Waals surface area contributed by atoms with E-state index < -0.39 is 0 Å². The highest BCUT2D eigenvalue weighted by atomic mass is 16.5. The van der Waals surface area contributed by atoms with E-state index in [0.717, 1.165) is 11.1 Å². The molecule has 0 aliphatic carbocycles. The van der Waals surface area contributed by atoms with Crippen LogP contribution in [0, 0.1) is 11.3 Å². The standard InChI is InChI=1S/C22H18N4O3/c1-29-18-7-5-17(6-8-18)20-19(14-27)21-22(28)25(9-10-26(21)24-20)13-16-4-2-3-15(11-16)12-23/h2-11,27H,13-14H2,1H3. The zero-order chi connectivity index (χ0) is 20.4. The average molecular weight is 386 g/mol. The molecule has 7 heteroatoms. The summed E-state index contributed by atoms with van der Waals surface area (Å²) in [6, 6.07) is 16.5.